The van der Waals surface area contributed by atoms with E-state index in [2.05, 4.69) is 11.9 Å². The Hall–Kier alpha value is -1.75. The molecule has 1 heterocycles. The molecule has 1 aromatic carbocycles. The molecule has 18 heavy (non-hydrogen) atoms. The molecule has 5 heteroatoms. The van der Waals surface area contributed by atoms with Gasteiger partial charge in [0.05, 0.1) is 12.8 Å². The average Bonchev–Trinajstić information content (AvgIpc) is 2.67. The molecule has 0 aliphatic heterocycles. The smallest absolute Gasteiger partial charge is 0.162 e. The van der Waals surface area contributed by atoms with Crippen LogP contribution in [0.15, 0.2) is 18.2 Å². The predicted molar refractivity (Wildman–Crippen MR) is 73.3 cm³/mol. The molecule has 0 aliphatic rings. The Morgan fingerprint density at radius 2 is 2.06 bits per heavy atom. The van der Waals surface area contributed by atoms with Gasteiger partial charge < -0.3 is 15.2 Å². The molecule has 0 fully saturated rings. The molecular weight excluding hydrogens is 248 g/mol. The highest BCUT2D eigenvalue weighted by Crippen LogP contribution is 2.30. The summed E-state index contributed by atoms with van der Waals surface area (Å²) in [6.07, 6.45) is 0. The fraction of sp³-hybridized carbons (Fsp3) is 0.308. The van der Waals surface area contributed by atoms with Crippen molar-refractivity contribution >= 4 is 17.0 Å². The zero-order chi connectivity index (χ0) is 13.1. The van der Waals surface area contributed by atoms with Gasteiger partial charge in [0.15, 0.2) is 11.5 Å². The lowest BCUT2D eigenvalue weighted by Crippen LogP contribution is -1.98. The molecule has 0 saturated heterocycles. The number of rotatable bonds is 4. The zero-order valence-electron chi connectivity index (χ0n) is 10.7. The topological polar surface area (TPSA) is 57.4 Å². The number of aryl methyl sites for hydroxylation is 2. The number of benzene rings is 1. The number of hydrogen-bond donors (Lipinski definition) is 1. The molecule has 0 atom stereocenters. The van der Waals surface area contributed by atoms with Crippen LogP contribution in [0.3, 0.4) is 0 Å². The Balaban J connectivity index is 2.10. The van der Waals surface area contributed by atoms with E-state index >= 15 is 0 Å². The van der Waals surface area contributed by atoms with Crippen LogP contribution < -0.4 is 15.2 Å². The monoisotopic (exact) mass is 264 g/mol. The minimum atomic E-state index is 0.444. The fourth-order valence-electron chi connectivity index (χ4n) is 1.54. The van der Waals surface area contributed by atoms with E-state index in [1.54, 1.807) is 30.6 Å². The molecule has 2 aromatic rings. The lowest BCUT2D eigenvalue weighted by Gasteiger charge is -2.09. The predicted octanol–water partition coefficient (Wildman–Crippen LogP) is 2.93. The summed E-state index contributed by atoms with van der Waals surface area (Å²) in [7, 11) is 1.60. The average molecular weight is 264 g/mol. The second-order valence-corrected chi connectivity index (χ2v) is 5.24. The Morgan fingerprint density at radius 3 is 2.67 bits per heavy atom. The van der Waals surface area contributed by atoms with Crippen molar-refractivity contribution in [3.8, 4) is 11.5 Å². The SMILES string of the molecule is COc1cc(N)ccc1OCc1nc(C)c(C)s1. The van der Waals surface area contributed by atoms with Crippen LogP contribution in [-0.2, 0) is 6.61 Å². The zero-order valence-corrected chi connectivity index (χ0v) is 11.5. The van der Waals surface area contributed by atoms with Gasteiger partial charge in [0.25, 0.3) is 0 Å². The molecule has 0 radical (unpaired) electrons. The number of nitrogens with two attached hydrogens (primary N) is 1. The normalized spacial score (nSPS) is 10.4. The summed E-state index contributed by atoms with van der Waals surface area (Å²) >= 11 is 1.65. The van der Waals surface area contributed by atoms with Crippen molar-refractivity contribution in [2.75, 3.05) is 12.8 Å². The van der Waals surface area contributed by atoms with Crippen LogP contribution in [-0.4, -0.2) is 12.1 Å². The van der Waals surface area contributed by atoms with E-state index in [1.165, 1.54) is 4.88 Å². The number of nitrogen functional groups attached to an aromatic ring is 1. The van der Waals surface area contributed by atoms with E-state index in [-0.39, 0.29) is 0 Å². The summed E-state index contributed by atoms with van der Waals surface area (Å²) < 4.78 is 10.9. The van der Waals surface area contributed by atoms with Crippen LogP contribution in [0.5, 0.6) is 11.5 Å². The number of hydrogen-bond acceptors (Lipinski definition) is 5. The molecule has 0 amide bonds. The minimum absolute atomic E-state index is 0.444. The summed E-state index contributed by atoms with van der Waals surface area (Å²) in [6, 6.07) is 5.34. The molecule has 1 aromatic heterocycles. The summed E-state index contributed by atoms with van der Waals surface area (Å²) in [5.74, 6) is 1.32. The minimum Gasteiger partial charge on any atom is -0.493 e. The van der Waals surface area contributed by atoms with E-state index in [0.717, 1.165) is 10.7 Å². The van der Waals surface area contributed by atoms with E-state index in [0.29, 0.717) is 23.8 Å². The van der Waals surface area contributed by atoms with Gasteiger partial charge in [-0.3, -0.25) is 0 Å². The Labute approximate surface area is 110 Å². The van der Waals surface area contributed by atoms with Crippen LogP contribution in [0.25, 0.3) is 0 Å². The van der Waals surface area contributed by atoms with Crippen LogP contribution >= 0.6 is 11.3 Å². The first kappa shape index (κ1) is 12.7. The van der Waals surface area contributed by atoms with Gasteiger partial charge in [-0.05, 0) is 26.0 Å². The summed E-state index contributed by atoms with van der Waals surface area (Å²) in [4.78, 5) is 5.65. The van der Waals surface area contributed by atoms with Crippen LogP contribution in [0, 0.1) is 13.8 Å². The number of thiazole rings is 1. The van der Waals surface area contributed by atoms with Crippen molar-refractivity contribution in [2.24, 2.45) is 0 Å². The van der Waals surface area contributed by atoms with Gasteiger partial charge in [0.2, 0.25) is 0 Å². The Morgan fingerprint density at radius 1 is 1.28 bits per heavy atom. The molecule has 0 aliphatic carbocycles. The van der Waals surface area contributed by atoms with Crippen molar-refractivity contribution in [2.45, 2.75) is 20.5 Å². The molecule has 96 valence electrons. The lowest BCUT2D eigenvalue weighted by atomic mass is 10.3. The Kier molecular flexibility index (Phi) is 3.72. The number of nitrogens with zero attached hydrogens (tertiary/aromatic N) is 1. The van der Waals surface area contributed by atoms with Crippen molar-refractivity contribution in [1.82, 2.24) is 4.98 Å². The van der Waals surface area contributed by atoms with Crippen molar-refractivity contribution in [1.29, 1.82) is 0 Å². The molecule has 2 rings (SSSR count). The molecular formula is C13H16N2O2S. The van der Waals surface area contributed by atoms with Crippen molar-refractivity contribution < 1.29 is 9.47 Å². The third kappa shape index (κ3) is 2.73. The largest absolute Gasteiger partial charge is 0.493 e. The second kappa shape index (κ2) is 5.27. The van der Waals surface area contributed by atoms with Gasteiger partial charge in [-0.15, -0.1) is 11.3 Å². The van der Waals surface area contributed by atoms with Gasteiger partial charge in [0, 0.05) is 16.6 Å². The number of ether oxygens (including phenoxy) is 2. The van der Waals surface area contributed by atoms with E-state index in [1.807, 2.05) is 13.0 Å². The van der Waals surface area contributed by atoms with E-state index in [4.69, 9.17) is 15.2 Å². The highest BCUT2D eigenvalue weighted by molar-refractivity contribution is 7.11. The van der Waals surface area contributed by atoms with Crippen molar-refractivity contribution in [3.05, 3.63) is 33.8 Å². The van der Waals surface area contributed by atoms with E-state index < -0.39 is 0 Å². The van der Waals surface area contributed by atoms with Gasteiger partial charge in [-0.2, -0.15) is 0 Å². The van der Waals surface area contributed by atoms with Gasteiger partial charge in [0.1, 0.15) is 11.6 Å². The standard InChI is InChI=1S/C13H16N2O2S/c1-8-9(2)18-13(15-8)7-17-11-5-4-10(14)6-12(11)16-3/h4-6H,7,14H2,1-3H3. The number of methoxy groups -OCH3 is 1. The maximum Gasteiger partial charge on any atom is 0.162 e. The molecule has 0 bridgehead atoms. The summed E-state index contributed by atoms with van der Waals surface area (Å²) in [6.45, 7) is 4.50. The first-order chi connectivity index (χ1) is 8.60. The second-order valence-electron chi connectivity index (χ2n) is 3.95. The summed E-state index contributed by atoms with van der Waals surface area (Å²) in [5.41, 5.74) is 7.40. The quantitative estimate of drug-likeness (QED) is 0.863. The Bertz CT molecular complexity index is 532. The van der Waals surface area contributed by atoms with Crippen molar-refractivity contribution in [3.63, 3.8) is 0 Å². The fourth-order valence-corrected chi connectivity index (χ4v) is 2.39. The number of aromatic nitrogens is 1. The molecule has 0 saturated carbocycles. The van der Waals surface area contributed by atoms with Crippen LogP contribution in [0.4, 0.5) is 5.69 Å². The maximum atomic E-state index is 5.70. The van der Waals surface area contributed by atoms with Gasteiger partial charge in [-0.1, -0.05) is 0 Å². The maximum absolute atomic E-state index is 5.70. The first-order valence-electron chi connectivity index (χ1n) is 5.59. The lowest BCUT2D eigenvalue weighted by molar-refractivity contribution is 0.284. The van der Waals surface area contributed by atoms with Crippen LogP contribution in [0.1, 0.15) is 15.6 Å². The third-order valence-electron chi connectivity index (χ3n) is 2.61. The molecule has 2 N–H and O–H groups in total. The van der Waals surface area contributed by atoms with E-state index in [9.17, 15) is 0 Å². The molecule has 0 spiro atoms. The number of anilines is 1. The summed E-state index contributed by atoms with van der Waals surface area (Å²) in [5, 5.41) is 0.962. The van der Waals surface area contributed by atoms with Crippen LogP contribution in [0.2, 0.25) is 0 Å². The highest BCUT2D eigenvalue weighted by atomic mass is 32.1. The third-order valence-corrected chi connectivity index (χ3v) is 3.66. The first-order valence-corrected chi connectivity index (χ1v) is 6.41. The molecule has 0 unspecified atom stereocenters. The highest BCUT2D eigenvalue weighted by Gasteiger charge is 2.08. The molecule has 4 nitrogen and oxygen atoms in total. The van der Waals surface area contributed by atoms with Gasteiger partial charge in [-0.25, -0.2) is 4.98 Å². The van der Waals surface area contributed by atoms with Gasteiger partial charge >= 0.3 is 0 Å².